The monoisotopic (exact) mass is 250 g/mol. The van der Waals surface area contributed by atoms with Crippen LogP contribution in [0.2, 0.25) is 5.02 Å². The van der Waals surface area contributed by atoms with Crippen molar-refractivity contribution in [3.8, 4) is 5.75 Å². The van der Waals surface area contributed by atoms with Gasteiger partial charge in [-0.05, 0) is 24.3 Å². The normalized spacial score (nSPS) is 10.2. The van der Waals surface area contributed by atoms with Crippen molar-refractivity contribution < 1.29 is 13.9 Å². The van der Waals surface area contributed by atoms with Crippen molar-refractivity contribution in [2.24, 2.45) is 0 Å². The van der Waals surface area contributed by atoms with Gasteiger partial charge in [-0.3, -0.25) is 4.79 Å². The predicted octanol–water partition coefficient (Wildman–Crippen LogP) is 3.37. The van der Waals surface area contributed by atoms with Crippen LogP contribution in [-0.2, 0) is 6.42 Å². The molecule has 0 aliphatic carbocycles. The van der Waals surface area contributed by atoms with Crippen LogP contribution in [0.1, 0.15) is 15.9 Å². The van der Waals surface area contributed by atoms with Crippen molar-refractivity contribution in [2.75, 3.05) is 7.11 Å². The van der Waals surface area contributed by atoms with Crippen LogP contribution >= 0.6 is 11.6 Å². The SMILES string of the molecule is COc1ccc(Cl)cc1CC(=O)c1ccoc1. The molecule has 0 saturated heterocycles. The summed E-state index contributed by atoms with van der Waals surface area (Å²) in [6, 6.07) is 6.85. The first-order valence-corrected chi connectivity index (χ1v) is 5.46. The van der Waals surface area contributed by atoms with E-state index in [0.29, 0.717) is 16.3 Å². The summed E-state index contributed by atoms with van der Waals surface area (Å²) in [6.45, 7) is 0. The number of benzene rings is 1. The number of furan rings is 1. The summed E-state index contributed by atoms with van der Waals surface area (Å²) in [5, 5.41) is 0.584. The molecule has 17 heavy (non-hydrogen) atoms. The van der Waals surface area contributed by atoms with Crippen molar-refractivity contribution >= 4 is 17.4 Å². The van der Waals surface area contributed by atoms with E-state index in [9.17, 15) is 4.79 Å². The summed E-state index contributed by atoms with van der Waals surface area (Å²) in [4.78, 5) is 11.9. The molecule has 3 nitrogen and oxygen atoms in total. The van der Waals surface area contributed by atoms with Gasteiger partial charge in [-0.15, -0.1) is 0 Å². The highest BCUT2D eigenvalue weighted by atomic mass is 35.5. The fourth-order valence-corrected chi connectivity index (χ4v) is 1.78. The molecule has 0 spiro atoms. The standard InChI is InChI=1S/C13H11ClO3/c1-16-13-3-2-11(14)6-10(13)7-12(15)9-4-5-17-8-9/h2-6,8H,7H2,1H3. The molecule has 0 saturated carbocycles. The van der Waals surface area contributed by atoms with E-state index >= 15 is 0 Å². The zero-order valence-corrected chi connectivity index (χ0v) is 10.0. The Balaban J connectivity index is 2.23. The number of ketones is 1. The van der Waals surface area contributed by atoms with Gasteiger partial charge in [0.2, 0.25) is 0 Å². The lowest BCUT2D eigenvalue weighted by Crippen LogP contribution is -2.03. The number of ether oxygens (including phenoxy) is 1. The summed E-state index contributed by atoms with van der Waals surface area (Å²) in [5.74, 6) is 0.630. The molecule has 0 radical (unpaired) electrons. The van der Waals surface area contributed by atoms with E-state index in [1.54, 1.807) is 31.4 Å². The molecule has 2 rings (SSSR count). The van der Waals surface area contributed by atoms with Crippen LogP contribution in [0.5, 0.6) is 5.75 Å². The van der Waals surface area contributed by atoms with Gasteiger partial charge in [0, 0.05) is 17.0 Å². The number of carbonyl (C=O) groups excluding carboxylic acids is 1. The van der Waals surface area contributed by atoms with E-state index in [1.165, 1.54) is 12.5 Å². The van der Waals surface area contributed by atoms with Gasteiger partial charge >= 0.3 is 0 Å². The molecule has 88 valence electrons. The number of hydrogen-bond acceptors (Lipinski definition) is 3. The smallest absolute Gasteiger partial charge is 0.170 e. The summed E-state index contributed by atoms with van der Waals surface area (Å²) in [5.41, 5.74) is 1.32. The van der Waals surface area contributed by atoms with E-state index in [-0.39, 0.29) is 12.2 Å². The molecule has 1 aromatic carbocycles. The lowest BCUT2D eigenvalue weighted by Gasteiger charge is -2.07. The molecule has 0 N–H and O–H groups in total. The van der Waals surface area contributed by atoms with Gasteiger partial charge in [-0.2, -0.15) is 0 Å². The predicted molar refractivity (Wildman–Crippen MR) is 64.7 cm³/mol. The number of methoxy groups -OCH3 is 1. The Morgan fingerprint density at radius 3 is 2.88 bits per heavy atom. The third-order valence-electron chi connectivity index (χ3n) is 2.44. The molecule has 0 fully saturated rings. The van der Waals surface area contributed by atoms with E-state index in [4.69, 9.17) is 20.8 Å². The summed E-state index contributed by atoms with van der Waals surface area (Å²) in [7, 11) is 1.56. The van der Waals surface area contributed by atoms with Gasteiger partial charge in [0.1, 0.15) is 12.0 Å². The molecule has 0 atom stereocenters. The Bertz CT molecular complexity index is 517. The second kappa shape index (κ2) is 5.06. The van der Waals surface area contributed by atoms with E-state index in [2.05, 4.69) is 0 Å². The van der Waals surface area contributed by atoms with Gasteiger partial charge in [-0.25, -0.2) is 0 Å². The first-order chi connectivity index (χ1) is 8.20. The van der Waals surface area contributed by atoms with Gasteiger partial charge < -0.3 is 9.15 Å². The van der Waals surface area contributed by atoms with E-state index < -0.39 is 0 Å². The first-order valence-electron chi connectivity index (χ1n) is 5.08. The van der Waals surface area contributed by atoms with Crippen LogP contribution in [0.25, 0.3) is 0 Å². The second-order valence-corrected chi connectivity index (χ2v) is 4.00. The Labute approximate surface area is 104 Å². The summed E-state index contributed by atoms with van der Waals surface area (Å²) >= 11 is 5.90. The number of Topliss-reactive ketones (excluding diaryl/α,β-unsaturated/α-hetero) is 1. The molecule has 4 heteroatoms. The minimum Gasteiger partial charge on any atom is -0.496 e. The molecule has 0 bridgehead atoms. The molecule has 2 aromatic rings. The molecular weight excluding hydrogens is 240 g/mol. The minimum absolute atomic E-state index is 0.0284. The average molecular weight is 251 g/mol. The molecule has 0 unspecified atom stereocenters. The van der Waals surface area contributed by atoms with Crippen LogP contribution in [0.4, 0.5) is 0 Å². The Kier molecular flexibility index (Phi) is 3.49. The third kappa shape index (κ3) is 2.68. The zero-order valence-electron chi connectivity index (χ0n) is 9.27. The van der Waals surface area contributed by atoms with Crippen LogP contribution < -0.4 is 4.74 Å². The number of hydrogen-bond donors (Lipinski definition) is 0. The van der Waals surface area contributed by atoms with Crippen molar-refractivity contribution in [3.63, 3.8) is 0 Å². The summed E-state index contributed by atoms with van der Waals surface area (Å²) < 4.78 is 10.1. The van der Waals surface area contributed by atoms with Crippen molar-refractivity contribution in [2.45, 2.75) is 6.42 Å². The maximum atomic E-state index is 11.9. The lowest BCUT2D eigenvalue weighted by atomic mass is 10.0. The fourth-order valence-electron chi connectivity index (χ4n) is 1.58. The molecule has 0 amide bonds. The van der Waals surface area contributed by atoms with E-state index in [1.807, 2.05) is 0 Å². The van der Waals surface area contributed by atoms with Crippen LogP contribution in [0.15, 0.2) is 41.2 Å². The highest BCUT2D eigenvalue weighted by Crippen LogP contribution is 2.24. The van der Waals surface area contributed by atoms with Crippen molar-refractivity contribution in [3.05, 3.63) is 52.9 Å². The largest absolute Gasteiger partial charge is 0.496 e. The second-order valence-electron chi connectivity index (χ2n) is 3.57. The topological polar surface area (TPSA) is 39.4 Å². The number of carbonyl (C=O) groups is 1. The summed E-state index contributed by atoms with van der Waals surface area (Å²) in [6.07, 6.45) is 3.14. The Morgan fingerprint density at radius 2 is 2.24 bits per heavy atom. The maximum absolute atomic E-state index is 11.9. The van der Waals surface area contributed by atoms with E-state index in [0.717, 1.165) is 5.56 Å². The van der Waals surface area contributed by atoms with Crippen molar-refractivity contribution in [1.82, 2.24) is 0 Å². The van der Waals surface area contributed by atoms with Gasteiger partial charge in [0.25, 0.3) is 0 Å². The minimum atomic E-state index is -0.0284. The average Bonchev–Trinajstić information content (AvgIpc) is 2.83. The maximum Gasteiger partial charge on any atom is 0.170 e. The van der Waals surface area contributed by atoms with Crippen LogP contribution in [0, 0.1) is 0 Å². The van der Waals surface area contributed by atoms with Crippen LogP contribution in [0.3, 0.4) is 0 Å². The third-order valence-corrected chi connectivity index (χ3v) is 2.67. The zero-order chi connectivity index (χ0) is 12.3. The highest BCUT2D eigenvalue weighted by Gasteiger charge is 2.12. The van der Waals surface area contributed by atoms with Gasteiger partial charge in [-0.1, -0.05) is 11.6 Å². The number of halogens is 1. The Hall–Kier alpha value is -1.74. The van der Waals surface area contributed by atoms with Crippen molar-refractivity contribution in [1.29, 1.82) is 0 Å². The molecule has 1 aromatic heterocycles. The Morgan fingerprint density at radius 1 is 1.41 bits per heavy atom. The van der Waals surface area contributed by atoms with Gasteiger partial charge in [0.15, 0.2) is 5.78 Å². The molecular formula is C13H11ClO3. The van der Waals surface area contributed by atoms with Crippen LogP contribution in [-0.4, -0.2) is 12.9 Å². The van der Waals surface area contributed by atoms with Gasteiger partial charge in [0.05, 0.1) is 18.9 Å². The molecule has 0 aliphatic rings. The first kappa shape index (κ1) is 11.7. The quantitative estimate of drug-likeness (QED) is 0.781. The lowest BCUT2D eigenvalue weighted by molar-refractivity contribution is 0.0991. The molecule has 0 aliphatic heterocycles. The molecule has 1 heterocycles. The fraction of sp³-hybridized carbons (Fsp3) is 0.154. The highest BCUT2D eigenvalue weighted by molar-refractivity contribution is 6.30. The number of rotatable bonds is 4.